The molecule has 1 aliphatic carbocycles. The molecule has 2 aromatic rings. The number of thioether (sulfide) groups is 1. The first-order chi connectivity index (χ1) is 15.5. The van der Waals surface area contributed by atoms with Crippen LogP contribution in [0.25, 0.3) is 0 Å². The van der Waals surface area contributed by atoms with Crippen LogP contribution < -0.4 is 5.32 Å². The van der Waals surface area contributed by atoms with Crippen molar-refractivity contribution in [2.24, 2.45) is 0 Å². The van der Waals surface area contributed by atoms with E-state index in [-0.39, 0.29) is 11.7 Å². The van der Waals surface area contributed by atoms with Crippen molar-refractivity contribution < 1.29 is 9.18 Å². The Kier molecular flexibility index (Phi) is 11.5. The molecule has 0 bridgehead atoms. The van der Waals surface area contributed by atoms with Crippen LogP contribution in [-0.4, -0.2) is 17.7 Å². The van der Waals surface area contributed by atoms with Crippen LogP contribution in [0.2, 0.25) is 0 Å². The lowest BCUT2D eigenvalue weighted by Gasteiger charge is -2.22. The summed E-state index contributed by atoms with van der Waals surface area (Å²) in [5.74, 6) is -0.160. The van der Waals surface area contributed by atoms with Crippen molar-refractivity contribution in [2.75, 3.05) is 0 Å². The monoisotopic (exact) mass is 452 g/mol. The van der Waals surface area contributed by atoms with E-state index in [9.17, 15) is 9.18 Å². The standard InChI is InChI=1S/C17H16FNS.C10H17NO/c1-2-3-12-20-16-7-5-4-6-15(16)17(19)13-8-10-14(18)11-9-13;1-2-6-10(12)11-9-7-4-3-5-8-9/h3-12,19H,2H2,1H3;2,9H,1,3-8H2,(H,11,12)/b12-3+,19-17?;. The van der Waals surface area contributed by atoms with Gasteiger partial charge in [0.25, 0.3) is 0 Å². The van der Waals surface area contributed by atoms with E-state index in [2.05, 4.69) is 24.9 Å². The number of carbonyl (C=O) groups excluding carboxylic acids is 1. The van der Waals surface area contributed by atoms with Crippen LogP contribution in [0.15, 0.2) is 77.6 Å². The van der Waals surface area contributed by atoms with Gasteiger partial charge in [-0.1, -0.05) is 68.3 Å². The first kappa shape index (κ1) is 25.6. The second kappa shape index (κ2) is 14.4. The highest BCUT2D eigenvalue weighted by molar-refractivity contribution is 8.02. The van der Waals surface area contributed by atoms with Crippen molar-refractivity contribution in [3.8, 4) is 0 Å². The third-order valence-corrected chi connectivity index (χ3v) is 6.05. The van der Waals surface area contributed by atoms with E-state index in [0.717, 1.165) is 35.3 Å². The Morgan fingerprint density at radius 3 is 2.50 bits per heavy atom. The minimum Gasteiger partial charge on any atom is -0.353 e. The van der Waals surface area contributed by atoms with E-state index in [1.807, 2.05) is 29.7 Å². The maximum atomic E-state index is 13.0. The van der Waals surface area contributed by atoms with Crippen molar-refractivity contribution >= 4 is 23.4 Å². The largest absolute Gasteiger partial charge is 0.353 e. The second-order valence-electron chi connectivity index (χ2n) is 7.67. The zero-order valence-corrected chi connectivity index (χ0v) is 19.6. The number of hydrogen-bond acceptors (Lipinski definition) is 3. The molecule has 1 aliphatic rings. The molecule has 1 saturated carbocycles. The summed E-state index contributed by atoms with van der Waals surface area (Å²) in [6.45, 7) is 5.62. The third-order valence-electron chi connectivity index (χ3n) is 5.12. The molecule has 0 aliphatic heterocycles. The smallest absolute Gasteiger partial charge is 0.224 e. The molecule has 1 amide bonds. The fourth-order valence-corrected chi connectivity index (χ4v) is 4.32. The molecule has 0 spiro atoms. The van der Waals surface area contributed by atoms with Crippen molar-refractivity contribution in [3.63, 3.8) is 0 Å². The molecule has 2 aromatic carbocycles. The first-order valence-corrected chi connectivity index (χ1v) is 12.1. The molecule has 0 unspecified atom stereocenters. The molecule has 0 atom stereocenters. The molecule has 170 valence electrons. The Bertz CT molecular complexity index is 902. The molecule has 0 radical (unpaired) electrons. The first-order valence-electron chi connectivity index (χ1n) is 11.2. The van der Waals surface area contributed by atoms with Gasteiger partial charge in [0.2, 0.25) is 5.91 Å². The number of allylic oxidation sites excluding steroid dienone is 1. The van der Waals surface area contributed by atoms with Crippen LogP contribution in [0.5, 0.6) is 0 Å². The molecular formula is C27H33FN2OS. The quantitative estimate of drug-likeness (QED) is 0.251. The Balaban J connectivity index is 0.000000258. The summed E-state index contributed by atoms with van der Waals surface area (Å²) in [6, 6.07) is 14.3. The van der Waals surface area contributed by atoms with E-state index in [1.165, 1.54) is 31.4 Å². The van der Waals surface area contributed by atoms with Crippen LogP contribution >= 0.6 is 11.8 Å². The molecule has 3 nitrogen and oxygen atoms in total. The lowest BCUT2D eigenvalue weighted by Crippen LogP contribution is -2.35. The third kappa shape index (κ3) is 8.83. The van der Waals surface area contributed by atoms with Crippen molar-refractivity contribution in [1.82, 2.24) is 5.32 Å². The number of rotatable bonds is 8. The van der Waals surface area contributed by atoms with Gasteiger partial charge in [0, 0.05) is 28.5 Å². The van der Waals surface area contributed by atoms with Gasteiger partial charge >= 0.3 is 0 Å². The summed E-state index contributed by atoms with van der Waals surface area (Å²) >= 11 is 1.60. The minimum atomic E-state index is -0.282. The van der Waals surface area contributed by atoms with Gasteiger partial charge in [0.1, 0.15) is 5.82 Å². The van der Waals surface area contributed by atoms with E-state index in [0.29, 0.717) is 18.2 Å². The van der Waals surface area contributed by atoms with Gasteiger partial charge in [-0.2, -0.15) is 0 Å². The zero-order valence-electron chi connectivity index (χ0n) is 18.8. The van der Waals surface area contributed by atoms with Gasteiger partial charge in [-0.25, -0.2) is 4.39 Å². The second-order valence-corrected chi connectivity index (χ2v) is 8.62. The fraction of sp³-hybridized carbons (Fsp3) is 0.333. The Labute approximate surface area is 195 Å². The highest BCUT2D eigenvalue weighted by atomic mass is 32.2. The Morgan fingerprint density at radius 1 is 1.16 bits per heavy atom. The maximum absolute atomic E-state index is 13.0. The van der Waals surface area contributed by atoms with Crippen LogP contribution in [0, 0.1) is 11.2 Å². The molecular weight excluding hydrogens is 419 g/mol. The molecule has 3 rings (SSSR count). The summed E-state index contributed by atoms with van der Waals surface area (Å²) in [7, 11) is 0. The Morgan fingerprint density at radius 2 is 1.84 bits per heavy atom. The van der Waals surface area contributed by atoms with Gasteiger partial charge in [-0.15, -0.1) is 6.58 Å². The predicted molar refractivity (Wildman–Crippen MR) is 134 cm³/mol. The van der Waals surface area contributed by atoms with E-state index < -0.39 is 0 Å². The van der Waals surface area contributed by atoms with Crippen LogP contribution in [0.1, 0.15) is 63.0 Å². The summed E-state index contributed by atoms with van der Waals surface area (Å²) in [5, 5.41) is 13.4. The maximum Gasteiger partial charge on any atom is 0.224 e. The SMILES string of the molecule is C=CCC(=O)NC1CCCCC1.CC/C=C/Sc1ccccc1C(=N)c1ccc(F)cc1. The molecule has 2 N–H and O–H groups in total. The van der Waals surface area contributed by atoms with Crippen LogP contribution in [0.3, 0.4) is 0 Å². The summed E-state index contributed by atoms with van der Waals surface area (Å²) < 4.78 is 13.0. The minimum absolute atomic E-state index is 0.122. The number of benzene rings is 2. The predicted octanol–water partition coefficient (Wildman–Crippen LogP) is 7.27. The van der Waals surface area contributed by atoms with Gasteiger partial charge in [0.05, 0.1) is 5.71 Å². The normalized spacial score (nSPS) is 13.8. The average molecular weight is 453 g/mol. The van der Waals surface area contributed by atoms with Gasteiger partial charge in [0.15, 0.2) is 0 Å². The van der Waals surface area contributed by atoms with Gasteiger partial charge in [-0.3, -0.25) is 10.2 Å². The molecule has 0 heterocycles. The van der Waals surface area contributed by atoms with Crippen molar-refractivity contribution in [2.45, 2.75) is 62.8 Å². The average Bonchev–Trinajstić information content (AvgIpc) is 2.81. The molecule has 1 fully saturated rings. The lowest BCUT2D eigenvalue weighted by atomic mass is 9.95. The highest BCUT2D eigenvalue weighted by Crippen LogP contribution is 2.26. The van der Waals surface area contributed by atoms with Crippen molar-refractivity contribution in [3.05, 3.63) is 89.6 Å². The Hall–Kier alpha value is -2.66. The van der Waals surface area contributed by atoms with Gasteiger partial charge in [-0.05, 0) is 55.0 Å². The molecule has 5 heteroatoms. The van der Waals surface area contributed by atoms with E-state index in [4.69, 9.17) is 5.41 Å². The molecule has 0 aromatic heterocycles. The number of nitrogens with one attached hydrogen (secondary N) is 2. The van der Waals surface area contributed by atoms with E-state index >= 15 is 0 Å². The number of carbonyl (C=O) groups is 1. The van der Waals surface area contributed by atoms with Crippen LogP contribution in [0.4, 0.5) is 4.39 Å². The van der Waals surface area contributed by atoms with Crippen molar-refractivity contribution in [1.29, 1.82) is 5.41 Å². The lowest BCUT2D eigenvalue weighted by molar-refractivity contribution is -0.121. The van der Waals surface area contributed by atoms with Gasteiger partial charge < -0.3 is 5.32 Å². The summed E-state index contributed by atoms with van der Waals surface area (Å²) in [6.07, 6.45) is 11.3. The molecule has 32 heavy (non-hydrogen) atoms. The fourth-order valence-electron chi connectivity index (χ4n) is 3.43. The topological polar surface area (TPSA) is 53.0 Å². The number of amides is 1. The number of halogens is 1. The summed E-state index contributed by atoms with van der Waals surface area (Å²) in [5.41, 5.74) is 2.00. The number of hydrogen-bond donors (Lipinski definition) is 2. The highest BCUT2D eigenvalue weighted by Gasteiger charge is 2.14. The van der Waals surface area contributed by atoms with Crippen LogP contribution in [-0.2, 0) is 4.79 Å². The van der Waals surface area contributed by atoms with E-state index in [1.54, 1.807) is 30.0 Å². The molecule has 0 saturated heterocycles. The zero-order chi connectivity index (χ0) is 23.2. The summed E-state index contributed by atoms with van der Waals surface area (Å²) in [4.78, 5) is 12.2.